The Morgan fingerprint density at radius 1 is 1.75 bits per heavy atom. The van der Waals surface area contributed by atoms with Gasteiger partial charge in [0.25, 0.3) is 0 Å². The van der Waals surface area contributed by atoms with Gasteiger partial charge in [-0.2, -0.15) is 5.48 Å². The Hall–Kier alpha value is -0.830. The van der Waals surface area contributed by atoms with Crippen molar-refractivity contribution in [1.82, 2.24) is 5.48 Å². The van der Waals surface area contributed by atoms with E-state index in [2.05, 4.69) is 10.3 Å². The van der Waals surface area contributed by atoms with Crippen molar-refractivity contribution in [2.24, 2.45) is 0 Å². The molecule has 0 aromatic carbocycles. The van der Waals surface area contributed by atoms with Crippen molar-refractivity contribution in [2.45, 2.75) is 6.92 Å². The third-order valence-corrected chi connectivity index (χ3v) is 0.505. The molecule has 0 radical (unpaired) electrons. The van der Waals surface area contributed by atoms with Gasteiger partial charge in [0.1, 0.15) is 0 Å². The minimum Gasteiger partial charge on any atom is -0.367 e. The molecule has 0 aliphatic heterocycles. The SMILES string of the molecule is C/C=C/C(=O)ONC. The van der Waals surface area contributed by atoms with Crippen LogP contribution < -0.4 is 5.48 Å². The molecule has 46 valence electrons. The number of nitrogens with one attached hydrogen (secondary N) is 1. The number of carbonyl (C=O) groups is 1. The van der Waals surface area contributed by atoms with Crippen LogP contribution in [-0.2, 0) is 9.63 Å². The molecule has 0 spiro atoms. The van der Waals surface area contributed by atoms with Crippen LogP contribution in [0.4, 0.5) is 0 Å². The van der Waals surface area contributed by atoms with E-state index < -0.39 is 0 Å². The maximum absolute atomic E-state index is 10.3. The third-order valence-electron chi connectivity index (χ3n) is 0.505. The molecule has 0 aliphatic rings. The summed E-state index contributed by atoms with van der Waals surface area (Å²) in [6, 6.07) is 0. The first-order valence-corrected chi connectivity index (χ1v) is 2.31. The van der Waals surface area contributed by atoms with Crippen molar-refractivity contribution >= 4 is 5.97 Å². The summed E-state index contributed by atoms with van der Waals surface area (Å²) in [5.74, 6) is -0.380. The number of hydrogen-bond acceptors (Lipinski definition) is 3. The van der Waals surface area contributed by atoms with Gasteiger partial charge in [0.15, 0.2) is 0 Å². The van der Waals surface area contributed by atoms with Crippen LogP contribution in [0.2, 0.25) is 0 Å². The van der Waals surface area contributed by atoms with Gasteiger partial charge in [-0.25, -0.2) is 4.79 Å². The van der Waals surface area contributed by atoms with Gasteiger partial charge in [-0.1, -0.05) is 6.08 Å². The normalized spacial score (nSPS) is 9.75. The Morgan fingerprint density at radius 2 is 2.38 bits per heavy atom. The summed E-state index contributed by atoms with van der Waals surface area (Å²) in [5, 5.41) is 0. The lowest BCUT2D eigenvalue weighted by Crippen LogP contribution is -2.12. The lowest BCUT2D eigenvalue weighted by Gasteiger charge is -1.92. The third kappa shape index (κ3) is 3.36. The maximum Gasteiger partial charge on any atom is 0.349 e. The van der Waals surface area contributed by atoms with Crippen LogP contribution in [0.1, 0.15) is 6.92 Å². The van der Waals surface area contributed by atoms with Crippen molar-refractivity contribution in [2.75, 3.05) is 7.05 Å². The lowest BCUT2D eigenvalue weighted by atomic mass is 10.5. The van der Waals surface area contributed by atoms with E-state index in [1.807, 2.05) is 0 Å². The highest BCUT2D eigenvalue weighted by Gasteiger charge is 1.88. The van der Waals surface area contributed by atoms with Gasteiger partial charge in [0.2, 0.25) is 0 Å². The molecule has 0 heterocycles. The highest BCUT2D eigenvalue weighted by Crippen LogP contribution is 1.73. The maximum atomic E-state index is 10.3. The number of rotatable bonds is 2. The molecule has 0 atom stereocenters. The summed E-state index contributed by atoms with van der Waals surface area (Å²) in [6.07, 6.45) is 2.94. The van der Waals surface area contributed by atoms with Gasteiger partial charge < -0.3 is 4.84 Å². The fourth-order valence-corrected chi connectivity index (χ4v) is 0.271. The molecule has 0 aromatic rings. The molecule has 0 aliphatic carbocycles. The second kappa shape index (κ2) is 4.33. The zero-order valence-corrected chi connectivity index (χ0v) is 4.97. The van der Waals surface area contributed by atoms with Gasteiger partial charge >= 0.3 is 5.97 Å². The van der Waals surface area contributed by atoms with E-state index in [9.17, 15) is 4.79 Å². The Kier molecular flexibility index (Phi) is 3.88. The Balaban J connectivity index is 3.33. The highest BCUT2D eigenvalue weighted by molar-refractivity contribution is 5.81. The van der Waals surface area contributed by atoms with Crippen molar-refractivity contribution in [1.29, 1.82) is 0 Å². The molecule has 0 aromatic heterocycles. The molecule has 0 saturated heterocycles. The highest BCUT2D eigenvalue weighted by atomic mass is 16.7. The van der Waals surface area contributed by atoms with E-state index >= 15 is 0 Å². The summed E-state index contributed by atoms with van der Waals surface area (Å²) >= 11 is 0. The Bertz CT molecular complexity index is 98.6. The number of carbonyl (C=O) groups excluding carboxylic acids is 1. The van der Waals surface area contributed by atoms with E-state index in [1.54, 1.807) is 13.0 Å². The van der Waals surface area contributed by atoms with Crippen LogP contribution in [0.15, 0.2) is 12.2 Å². The van der Waals surface area contributed by atoms with Gasteiger partial charge in [-0.15, -0.1) is 0 Å². The second-order valence-electron chi connectivity index (χ2n) is 1.13. The van der Waals surface area contributed by atoms with Crippen LogP contribution in [-0.4, -0.2) is 13.0 Å². The van der Waals surface area contributed by atoms with Crippen LogP contribution in [0.25, 0.3) is 0 Å². The van der Waals surface area contributed by atoms with Crippen molar-refractivity contribution in [3.05, 3.63) is 12.2 Å². The standard InChI is InChI=1S/C5H9NO2/c1-3-4-5(7)8-6-2/h3-4,6H,1-2H3/b4-3+. The molecule has 3 nitrogen and oxygen atoms in total. The molecule has 8 heavy (non-hydrogen) atoms. The van der Waals surface area contributed by atoms with Crippen molar-refractivity contribution in [3.63, 3.8) is 0 Å². The number of hydroxylamine groups is 1. The molecule has 0 amide bonds. The monoisotopic (exact) mass is 115 g/mol. The molecule has 0 unspecified atom stereocenters. The average Bonchev–Trinajstić information content (AvgIpc) is 1.68. The molecule has 0 fully saturated rings. The zero-order chi connectivity index (χ0) is 6.41. The fourth-order valence-electron chi connectivity index (χ4n) is 0.271. The van der Waals surface area contributed by atoms with Crippen LogP contribution >= 0.6 is 0 Å². The summed E-state index contributed by atoms with van der Waals surface area (Å²) in [4.78, 5) is 14.6. The average molecular weight is 115 g/mol. The first-order valence-electron chi connectivity index (χ1n) is 2.31. The van der Waals surface area contributed by atoms with Crippen LogP contribution in [0.3, 0.4) is 0 Å². The number of hydrogen-bond donors (Lipinski definition) is 1. The molecule has 0 rings (SSSR count). The fraction of sp³-hybridized carbons (Fsp3) is 0.400. The summed E-state index contributed by atoms with van der Waals surface area (Å²) in [6.45, 7) is 1.75. The van der Waals surface area contributed by atoms with Crippen molar-refractivity contribution < 1.29 is 9.63 Å². The van der Waals surface area contributed by atoms with Gasteiger partial charge in [0.05, 0.1) is 0 Å². The van der Waals surface area contributed by atoms with Gasteiger partial charge in [-0.3, -0.25) is 0 Å². The van der Waals surface area contributed by atoms with E-state index in [0.717, 1.165) is 0 Å². The molecular formula is C5H9NO2. The quantitative estimate of drug-likeness (QED) is 0.414. The predicted molar refractivity (Wildman–Crippen MR) is 30.0 cm³/mol. The molecule has 3 heteroatoms. The van der Waals surface area contributed by atoms with Gasteiger partial charge in [-0.05, 0) is 6.92 Å². The summed E-state index contributed by atoms with van der Waals surface area (Å²) < 4.78 is 0. The Labute approximate surface area is 48.3 Å². The van der Waals surface area contributed by atoms with Crippen LogP contribution in [0, 0.1) is 0 Å². The summed E-state index contributed by atoms with van der Waals surface area (Å²) in [7, 11) is 1.53. The molecule has 0 bridgehead atoms. The number of allylic oxidation sites excluding steroid dienone is 1. The Morgan fingerprint density at radius 3 is 2.75 bits per heavy atom. The largest absolute Gasteiger partial charge is 0.367 e. The van der Waals surface area contributed by atoms with Crippen molar-refractivity contribution in [3.8, 4) is 0 Å². The zero-order valence-electron chi connectivity index (χ0n) is 4.97. The van der Waals surface area contributed by atoms with Gasteiger partial charge in [0, 0.05) is 13.1 Å². The second-order valence-corrected chi connectivity index (χ2v) is 1.13. The lowest BCUT2D eigenvalue weighted by molar-refractivity contribution is -0.143. The smallest absolute Gasteiger partial charge is 0.349 e. The first kappa shape index (κ1) is 7.17. The topological polar surface area (TPSA) is 38.3 Å². The summed E-state index contributed by atoms with van der Waals surface area (Å²) in [5.41, 5.74) is 2.25. The van der Waals surface area contributed by atoms with E-state index in [0.29, 0.717) is 0 Å². The van der Waals surface area contributed by atoms with E-state index in [1.165, 1.54) is 13.1 Å². The van der Waals surface area contributed by atoms with Crippen LogP contribution in [0.5, 0.6) is 0 Å². The first-order chi connectivity index (χ1) is 3.81. The predicted octanol–water partition coefficient (Wildman–Crippen LogP) is 0.240. The van der Waals surface area contributed by atoms with E-state index in [-0.39, 0.29) is 5.97 Å². The molecule has 1 N–H and O–H groups in total. The molecule has 0 saturated carbocycles. The van der Waals surface area contributed by atoms with E-state index in [4.69, 9.17) is 0 Å². The minimum absolute atomic E-state index is 0.380. The molecular weight excluding hydrogens is 106 g/mol. The minimum atomic E-state index is -0.380.